The lowest BCUT2D eigenvalue weighted by Gasteiger charge is -2.30. The number of aliphatic carboxylic acids is 1. The smallest absolute Gasteiger partial charge is 0.337 e. The zero-order valence-corrected chi connectivity index (χ0v) is 15.0. The van der Waals surface area contributed by atoms with E-state index in [1.807, 2.05) is 42.5 Å². The van der Waals surface area contributed by atoms with Crippen LogP contribution in [0.3, 0.4) is 0 Å². The molecule has 2 aromatic carbocycles. The molecule has 1 N–H and O–H groups in total. The number of carboxylic acids is 1. The summed E-state index contributed by atoms with van der Waals surface area (Å²) < 4.78 is 0. The number of nitro groups is 1. The maximum atomic E-state index is 11.9. The van der Waals surface area contributed by atoms with E-state index in [0.717, 1.165) is 10.8 Å². The highest BCUT2D eigenvalue weighted by atomic mass is 16.6. The Hall–Kier alpha value is -3.55. The highest BCUT2D eigenvalue weighted by molar-refractivity contribution is 5.89. The number of piperidine rings is 1. The SMILES string of the molecule is O=C(O)C1CCN(c2ncnc(-c3ccc4ccccc4c3)c2[N+](=O)[O-])CC1. The predicted molar refractivity (Wildman–Crippen MR) is 104 cm³/mol. The van der Waals surface area contributed by atoms with Crippen molar-refractivity contribution in [2.75, 3.05) is 18.0 Å². The minimum atomic E-state index is -0.825. The van der Waals surface area contributed by atoms with Gasteiger partial charge in [-0.15, -0.1) is 0 Å². The first-order valence-electron chi connectivity index (χ1n) is 9.01. The average molecular weight is 378 g/mol. The number of carboxylic acid groups (broad SMARTS) is 1. The Morgan fingerprint density at radius 2 is 1.82 bits per heavy atom. The quantitative estimate of drug-likeness (QED) is 0.546. The van der Waals surface area contributed by atoms with Crippen LogP contribution in [0.5, 0.6) is 0 Å². The fraction of sp³-hybridized carbons (Fsp3) is 0.250. The third-order valence-corrected chi connectivity index (χ3v) is 5.15. The molecule has 4 rings (SSSR count). The van der Waals surface area contributed by atoms with Crippen molar-refractivity contribution in [1.82, 2.24) is 9.97 Å². The van der Waals surface area contributed by atoms with Crippen LogP contribution in [-0.4, -0.2) is 39.1 Å². The summed E-state index contributed by atoms with van der Waals surface area (Å²) in [5, 5.41) is 23.1. The molecule has 1 fully saturated rings. The highest BCUT2D eigenvalue weighted by Gasteiger charge is 2.31. The minimum Gasteiger partial charge on any atom is -0.481 e. The van der Waals surface area contributed by atoms with Crippen molar-refractivity contribution in [3.05, 3.63) is 58.9 Å². The molecule has 0 bridgehead atoms. The van der Waals surface area contributed by atoms with Gasteiger partial charge in [0.25, 0.3) is 0 Å². The summed E-state index contributed by atoms with van der Waals surface area (Å²) in [6.45, 7) is 0.817. The van der Waals surface area contributed by atoms with E-state index in [-0.39, 0.29) is 17.2 Å². The van der Waals surface area contributed by atoms with Crippen LogP contribution in [0.15, 0.2) is 48.8 Å². The van der Waals surface area contributed by atoms with E-state index < -0.39 is 16.8 Å². The number of hydrogen-bond acceptors (Lipinski definition) is 6. The van der Waals surface area contributed by atoms with E-state index in [0.29, 0.717) is 31.5 Å². The van der Waals surface area contributed by atoms with Crippen LogP contribution in [-0.2, 0) is 4.79 Å². The number of fused-ring (bicyclic) bond motifs is 1. The molecule has 0 radical (unpaired) electrons. The van der Waals surface area contributed by atoms with Gasteiger partial charge in [-0.05, 0) is 29.7 Å². The molecule has 0 unspecified atom stereocenters. The zero-order chi connectivity index (χ0) is 19.7. The van der Waals surface area contributed by atoms with Gasteiger partial charge in [0, 0.05) is 18.7 Å². The Kier molecular flexibility index (Phi) is 4.60. The molecule has 8 heteroatoms. The molecule has 0 spiro atoms. The summed E-state index contributed by atoms with van der Waals surface area (Å²) in [5.41, 5.74) is 0.766. The molecule has 142 valence electrons. The first-order chi connectivity index (χ1) is 13.5. The Labute approximate surface area is 160 Å². The summed E-state index contributed by atoms with van der Waals surface area (Å²) in [6, 6.07) is 13.4. The standard InChI is InChI=1S/C20H18N4O4/c25-20(26)14-7-9-23(10-8-14)19-18(24(27)28)17(21-12-22-19)16-6-5-13-3-1-2-4-15(13)11-16/h1-6,11-12,14H,7-10H2,(H,25,26). The molecule has 1 aliphatic rings. The Balaban J connectivity index is 1.75. The van der Waals surface area contributed by atoms with Crippen LogP contribution < -0.4 is 4.90 Å². The third-order valence-electron chi connectivity index (χ3n) is 5.15. The molecule has 0 saturated carbocycles. The summed E-state index contributed by atoms with van der Waals surface area (Å²) in [7, 11) is 0. The summed E-state index contributed by atoms with van der Waals surface area (Å²) in [6.07, 6.45) is 2.19. The Morgan fingerprint density at radius 1 is 1.11 bits per heavy atom. The van der Waals surface area contributed by atoms with E-state index in [2.05, 4.69) is 9.97 Å². The van der Waals surface area contributed by atoms with Crippen LogP contribution in [0.2, 0.25) is 0 Å². The number of anilines is 1. The van der Waals surface area contributed by atoms with Crippen molar-refractivity contribution in [3.8, 4) is 11.3 Å². The molecular weight excluding hydrogens is 360 g/mol. The van der Waals surface area contributed by atoms with Crippen LogP contribution in [0.1, 0.15) is 12.8 Å². The molecule has 28 heavy (non-hydrogen) atoms. The lowest BCUT2D eigenvalue weighted by molar-refractivity contribution is -0.383. The van der Waals surface area contributed by atoms with Crippen molar-refractivity contribution >= 4 is 28.2 Å². The lowest BCUT2D eigenvalue weighted by atomic mass is 9.97. The van der Waals surface area contributed by atoms with Crippen LogP contribution in [0.25, 0.3) is 22.0 Å². The molecule has 2 heterocycles. The maximum absolute atomic E-state index is 11.9. The van der Waals surface area contributed by atoms with Gasteiger partial charge < -0.3 is 10.0 Å². The number of hydrogen-bond donors (Lipinski definition) is 1. The van der Waals surface area contributed by atoms with Crippen LogP contribution in [0, 0.1) is 16.0 Å². The fourth-order valence-electron chi connectivity index (χ4n) is 3.66. The molecule has 0 amide bonds. The molecule has 1 saturated heterocycles. The normalized spacial score (nSPS) is 14.9. The first-order valence-corrected chi connectivity index (χ1v) is 9.01. The van der Waals surface area contributed by atoms with Crippen molar-refractivity contribution in [3.63, 3.8) is 0 Å². The summed E-state index contributed by atoms with van der Waals surface area (Å²) in [5.74, 6) is -1.00. The number of carbonyl (C=O) groups is 1. The van der Waals surface area contributed by atoms with E-state index in [1.54, 1.807) is 4.90 Å². The molecule has 0 atom stereocenters. The highest BCUT2D eigenvalue weighted by Crippen LogP contribution is 2.37. The van der Waals surface area contributed by atoms with Crippen molar-refractivity contribution in [1.29, 1.82) is 0 Å². The largest absolute Gasteiger partial charge is 0.481 e. The number of benzene rings is 2. The van der Waals surface area contributed by atoms with Crippen molar-refractivity contribution in [2.45, 2.75) is 12.8 Å². The second-order valence-corrected chi connectivity index (χ2v) is 6.81. The summed E-state index contributed by atoms with van der Waals surface area (Å²) >= 11 is 0. The third kappa shape index (κ3) is 3.24. The zero-order valence-electron chi connectivity index (χ0n) is 15.0. The fourth-order valence-corrected chi connectivity index (χ4v) is 3.66. The molecule has 1 aliphatic heterocycles. The Bertz CT molecular complexity index is 1060. The molecule has 8 nitrogen and oxygen atoms in total. The van der Waals surface area contributed by atoms with E-state index in [4.69, 9.17) is 5.11 Å². The average Bonchev–Trinajstić information content (AvgIpc) is 2.72. The van der Waals surface area contributed by atoms with Gasteiger partial charge in [0.2, 0.25) is 5.82 Å². The minimum absolute atomic E-state index is 0.147. The molecule has 1 aromatic heterocycles. The predicted octanol–water partition coefficient (Wildman–Crippen LogP) is 3.51. The first kappa shape index (κ1) is 17.8. The maximum Gasteiger partial charge on any atom is 0.337 e. The van der Waals surface area contributed by atoms with Crippen LogP contribution >= 0.6 is 0 Å². The van der Waals surface area contributed by atoms with Gasteiger partial charge in [0.1, 0.15) is 6.33 Å². The van der Waals surface area contributed by atoms with Gasteiger partial charge >= 0.3 is 11.7 Å². The van der Waals surface area contributed by atoms with Gasteiger partial charge in [-0.2, -0.15) is 0 Å². The topological polar surface area (TPSA) is 109 Å². The summed E-state index contributed by atoms with van der Waals surface area (Å²) in [4.78, 5) is 32.8. The second kappa shape index (κ2) is 7.22. The monoisotopic (exact) mass is 378 g/mol. The van der Waals surface area contributed by atoms with Gasteiger partial charge in [0.15, 0.2) is 5.69 Å². The number of rotatable bonds is 4. The van der Waals surface area contributed by atoms with Gasteiger partial charge in [0.05, 0.1) is 10.8 Å². The van der Waals surface area contributed by atoms with Crippen molar-refractivity contribution in [2.24, 2.45) is 5.92 Å². The van der Waals surface area contributed by atoms with Crippen LogP contribution in [0.4, 0.5) is 11.5 Å². The van der Waals surface area contributed by atoms with Gasteiger partial charge in [-0.25, -0.2) is 9.97 Å². The molecule has 3 aromatic rings. The molecular formula is C20H18N4O4. The Morgan fingerprint density at radius 3 is 2.50 bits per heavy atom. The number of aromatic nitrogens is 2. The van der Waals surface area contributed by atoms with Gasteiger partial charge in [-0.1, -0.05) is 36.4 Å². The van der Waals surface area contributed by atoms with E-state index in [9.17, 15) is 14.9 Å². The van der Waals surface area contributed by atoms with Gasteiger partial charge in [-0.3, -0.25) is 14.9 Å². The lowest BCUT2D eigenvalue weighted by Crippen LogP contribution is -2.37. The number of nitrogens with zero attached hydrogens (tertiary/aromatic N) is 4. The molecule has 0 aliphatic carbocycles. The van der Waals surface area contributed by atoms with E-state index >= 15 is 0 Å². The second-order valence-electron chi connectivity index (χ2n) is 6.81. The van der Waals surface area contributed by atoms with Crippen molar-refractivity contribution < 1.29 is 14.8 Å². The van der Waals surface area contributed by atoms with E-state index in [1.165, 1.54) is 6.33 Å².